The van der Waals surface area contributed by atoms with Gasteiger partial charge in [-0.05, 0) is 51.4 Å². The molecule has 1 fully saturated rings. The minimum absolute atomic E-state index is 0. The molecular formula is C20H33IN6. The molecule has 0 aliphatic carbocycles. The van der Waals surface area contributed by atoms with Gasteiger partial charge < -0.3 is 15.0 Å². The highest BCUT2D eigenvalue weighted by Gasteiger charge is 2.22. The van der Waals surface area contributed by atoms with Crippen molar-refractivity contribution in [3.63, 3.8) is 0 Å². The third-order valence-electron chi connectivity index (χ3n) is 5.11. The van der Waals surface area contributed by atoms with E-state index in [1.54, 1.807) is 0 Å². The van der Waals surface area contributed by atoms with Crippen molar-refractivity contribution in [2.24, 2.45) is 4.99 Å². The van der Waals surface area contributed by atoms with Gasteiger partial charge in [0.05, 0.1) is 12.2 Å². The fourth-order valence-electron chi connectivity index (χ4n) is 3.69. The Balaban J connectivity index is 0.00000261. The Kier molecular flexibility index (Phi) is 8.82. The van der Waals surface area contributed by atoms with Crippen LogP contribution < -0.4 is 10.6 Å². The number of nitrogens with zero attached hydrogens (tertiary/aromatic N) is 4. The third-order valence-corrected chi connectivity index (χ3v) is 5.11. The number of aliphatic imine (C=N–C) groups is 1. The van der Waals surface area contributed by atoms with Crippen LogP contribution in [-0.4, -0.2) is 59.0 Å². The Morgan fingerprint density at radius 1 is 1.33 bits per heavy atom. The average Bonchev–Trinajstić information content (AvgIpc) is 3.26. The summed E-state index contributed by atoms with van der Waals surface area (Å²) < 4.78 is 2.10. The fourth-order valence-corrected chi connectivity index (χ4v) is 3.69. The summed E-state index contributed by atoms with van der Waals surface area (Å²) >= 11 is 0. The molecule has 2 aromatic heterocycles. The molecule has 0 aromatic carbocycles. The molecule has 0 bridgehead atoms. The smallest absolute Gasteiger partial charge is 0.191 e. The molecule has 0 spiro atoms. The lowest BCUT2D eigenvalue weighted by Crippen LogP contribution is -2.40. The number of hydrogen-bond acceptors (Lipinski definition) is 3. The molecule has 3 heterocycles. The first-order valence-corrected chi connectivity index (χ1v) is 9.90. The van der Waals surface area contributed by atoms with Gasteiger partial charge in [0.25, 0.3) is 0 Å². The molecule has 1 unspecified atom stereocenters. The standard InChI is InChI=1S/C20H32N6.HI/c1-4-21-20(23-14-18-9-7-12-25(18)5-2)22-11-10-17-15-26-13-6-8-16(3)19(26)24-17;/h6,8,13,15,18H,4-5,7,9-12,14H2,1-3H3,(H2,21,22,23);1H. The number of guanidine groups is 1. The first-order valence-electron chi connectivity index (χ1n) is 9.90. The quantitative estimate of drug-likeness (QED) is 0.361. The molecule has 1 atom stereocenters. The summed E-state index contributed by atoms with van der Waals surface area (Å²) in [6, 6.07) is 4.75. The summed E-state index contributed by atoms with van der Waals surface area (Å²) in [5.74, 6) is 0.912. The lowest BCUT2D eigenvalue weighted by Gasteiger charge is -2.21. The molecular weight excluding hydrogens is 451 g/mol. The number of nitrogens with one attached hydrogen (secondary N) is 2. The normalized spacial score (nSPS) is 17.9. The Hall–Kier alpha value is -1.35. The first kappa shape index (κ1) is 21.9. The van der Waals surface area contributed by atoms with E-state index in [0.717, 1.165) is 49.9 Å². The van der Waals surface area contributed by atoms with Gasteiger partial charge in [-0.1, -0.05) is 13.0 Å². The van der Waals surface area contributed by atoms with Gasteiger partial charge in [0, 0.05) is 37.9 Å². The Bertz CT molecular complexity index is 741. The number of rotatable bonds is 7. The second-order valence-corrected chi connectivity index (χ2v) is 6.98. The molecule has 1 saturated heterocycles. The van der Waals surface area contributed by atoms with E-state index in [1.165, 1.54) is 24.9 Å². The van der Waals surface area contributed by atoms with Crippen LogP contribution in [0.15, 0.2) is 29.5 Å². The maximum Gasteiger partial charge on any atom is 0.191 e. The Morgan fingerprint density at radius 3 is 2.93 bits per heavy atom. The molecule has 7 heteroatoms. The minimum atomic E-state index is 0. The second-order valence-electron chi connectivity index (χ2n) is 6.98. The van der Waals surface area contributed by atoms with Crippen LogP contribution in [-0.2, 0) is 6.42 Å². The zero-order chi connectivity index (χ0) is 18.4. The van der Waals surface area contributed by atoms with E-state index in [9.17, 15) is 0 Å². The van der Waals surface area contributed by atoms with Gasteiger partial charge in [0.1, 0.15) is 5.65 Å². The highest BCUT2D eigenvalue weighted by atomic mass is 127. The molecule has 27 heavy (non-hydrogen) atoms. The van der Waals surface area contributed by atoms with Crippen LogP contribution in [0.25, 0.3) is 5.65 Å². The van der Waals surface area contributed by atoms with E-state index in [-0.39, 0.29) is 24.0 Å². The molecule has 2 aromatic rings. The lowest BCUT2D eigenvalue weighted by molar-refractivity contribution is 0.273. The van der Waals surface area contributed by atoms with Gasteiger partial charge in [0.2, 0.25) is 0 Å². The van der Waals surface area contributed by atoms with E-state index in [4.69, 9.17) is 9.98 Å². The van der Waals surface area contributed by atoms with Crippen molar-refractivity contribution < 1.29 is 0 Å². The Labute approximate surface area is 179 Å². The highest BCUT2D eigenvalue weighted by molar-refractivity contribution is 14.0. The summed E-state index contributed by atoms with van der Waals surface area (Å²) in [5.41, 5.74) is 3.36. The number of pyridine rings is 1. The maximum atomic E-state index is 4.81. The summed E-state index contributed by atoms with van der Waals surface area (Å²) in [4.78, 5) is 12.1. The summed E-state index contributed by atoms with van der Waals surface area (Å²) in [6.45, 7) is 11.4. The number of halogens is 1. The lowest BCUT2D eigenvalue weighted by atomic mass is 10.2. The average molecular weight is 484 g/mol. The van der Waals surface area contributed by atoms with Crippen molar-refractivity contribution >= 4 is 35.6 Å². The number of likely N-dealkylation sites (tertiary alicyclic amines) is 1. The number of hydrogen-bond donors (Lipinski definition) is 2. The van der Waals surface area contributed by atoms with Crippen molar-refractivity contribution in [2.75, 3.05) is 32.7 Å². The molecule has 2 N–H and O–H groups in total. The topological polar surface area (TPSA) is 57.0 Å². The summed E-state index contributed by atoms with van der Waals surface area (Å²) in [7, 11) is 0. The molecule has 6 nitrogen and oxygen atoms in total. The molecule has 150 valence electrons. The van der Waals surface area contributed by atoms with Crippen LogP contribution >= 0.6 is 24.0 Å². The van der Waals surface area contributed by atoms with Gasteiger partial charge in [-0.2, -0.15) is 0 Å². The van der Waals surface area contributed by atoms with Crippen molar-refractivity contribution in [2.45, 2.75) is 46.1 Å². The van der Waals surface area contributed by atoms with Crippen molar-refractivity contribution in [3.05, 3.63) is 35.8 Å². The van der Waals surface area contributed by atoms with E-state index in [0.29, 0.717) is 6.04 Å². The number of aromatic nitrogens is 2. The van der Waals surface area contributed by atoms with E-state index in [1.807, 2.05) is 0 Å². The predicted octanol–water partition coefficient (Wildman–Crippen LogP) is 2.84. The van der Waals surface area contributed by atoms with Crippen LogP contribution in [0.2, 0.25) is 0 Å². The second kappa shape index (κ2) is 10.8. The van der Waals surface area contributed by atoms with Crippen molar-refractivity contribution in [1.29, 1.82) is 0 Å². The van der Waals surface area contributed by atoms with E-state index >= 15 is 0 Å². The highest BCUT2D eigenvalue weighted by Crippen LogP contribution is 2.16. The van der Waals surface area contributed by atoms with Gasteiger partial charge in [-0.3, -0.25) is 9.89 Å². The molecule has 0 amide bonds. The molecule has 1 aliphatic rings. The van der Waals surface area contributed by atoms with Gasteiger partial charge in [0.15, 0.2) is 5.96 Å². The number of likely N-dealkylation sites (N-methyl/N-ethyl adjacent to an activating group) is 1. The van der Waals surface area contributed by atoms with Gasteiger partial charge >= 0.3 is 0 Å². The van der Waals surface area contributed by atoms with E-state index < -0.39 is 0 Å². The summed E-state index contributed by atoms with van der Waals surface area (Å²) in [5, 5.41) is 6.81. The Morgan fingerprint density at radius 2 is 2.19 bits per heavy atom. The number of aryl methyl sites for hydroxylation is 1. The minimum Gasteiger partial charge on any atom is -0.357 e. The van der Waals surface area contributed by atoms with Crippen LogP contribution in [0.5, 0.6) is 0 Å². The number of fused-ring (bicyclic) bond motifs is 1. The van der Waals surface area contributed by atoms with Crippen LogP contribution in [0.4, 0.5) is 0 Å². The largest absolute Gasteiger partial charge is 0.357 e. The van der Waals surface area contributed by atoms with Gasteiger partial charge in [-0.15, -0.1) is 24.0 Å². The molecule has 1 aliphatic heterocycles. The third kappa shape index (κ3) is 5.81. The first-order chi connectivity index (χ1) is 12.7. The zero-order valence-electron chi connectivity index (χ0n) is 16.7. The molecule has 3 rings (SSSR count). The van der Waals surface area contributed by atoms with Gasteiger partial charge in [-0.25, -0.2) is 4.98 Å². The maximum absolute atomic E-state index is 4.81. The van der Waals surface area contributed by atoms with E-state index in [2.05, 4.69) is 65.2 Å². The number of imidazole rings is 1. The fraction of sp³-hybridized carbons (Fsp3) is 0.600. The van der Waals surface area contributed by atoms with Crippen molar-refractivity contribution in [1.82, 2.24) is 24.9 Å². The van der Waals surface area contributed by atoms with Crippen LogP contribution in [0.3, 0.4) is 0 Å². The zero-order valence-corrected chi connectivity index (χ0v) is 19.1. The predicted molar refractivity (Wildman–Crippen MR) is 123 cm³/mol. The van der Waals surface area contributed by atoms with Crippen LogP contribution in [0.1, 0.15) is 37.9 Å². The van der Waals surface area contributed by atoms with Crippen LogP contribution in [0, 0.1) is 6.92 Å². The molecule has 0 radical (unpaired) electrons. The SMILES string of the molecule is CCNC(=NCC1CCCN1CC)NCCc1cn2cccc(C)c2n1.I. The summed E-state index contributed by atoms with van der Waals surface area (Å²) in [6.07, 6.45) is 7.61. The monoisotopic (exact) mass is 484 g/mol. The molecule has 0 saturated carbocycles. The van der Waals surface area contributed by atoms with Crippen molar-refractivity contribution in [3.8, 4) is 0 Å².